The number of rotatable bonds is 6. The van der Waals surface area contributed by atoms with Crippen molar-refractivity contribution in [1.82, 2.24) is 4.31 Å². The summed E-state index contributed by atoms with van der Waals surface area (Å²) in [6.45, 7) is -3.18. The Bertz CT molecular complexity index is 1270. The van der Waals surface area contributed by atoms with E-state index in [0.717, 1.165) is 39.7 Å². The lowest BCUT2D eigenvalue weighted by molar-refractivity contribution is -0.120. The first kappa shape index (κ1) is 22.8. The molecule has 3 aromatic rings. The molecule has 0 aliphatic carbocycles. The second-order valence-electron chi connectivity index (χ2n) is 7.36. The zero-order valence-corrected chi connectivity index (χ0v) is 17.9. The smallest absolute Gasteiger partial charge is 0.387 e. The maximum Gasteiger partial charge on any atom is 0.387 e. The van der Waals surface area contributed by atoms with E-state index >= 15 is 0 Å². The average molecular weight is 476 g/mol. The maximum absolute atomic E-state index is 13.4. The van der Waals surface area contributed by atoms with E-state index in [1.54, 1.807) is 24.3 Å². The first-order valence-electron chi connectivity index (χ1n) is 9.94. The molecular weight excluding hydrogens is 457 g/mol. The van der Waals surface area contributed by atoms with Gasteiger partial charge in [0.1, 0.15) is 17.6 Å². The van der Waals surface area contributed by atoms with Gasteiger partial charge in [0.25, 0.3) is 0 Å². The molecule has 1 aliphatic heterocycles. The molecule has 3 aromatic carbocycles. The number of halogens is 3. The second-order valence-corrected chi connectivity index (χ2v) is 9.25. The fraction of sp³-hybridized carbons (Fsp3) is 0.174. The number of amides is 1. The molecule has 1 amide bonds. The maximum atomic E-state index is 13.4. The molecular formula is C23H19F3N2O4S. The Labute approximate surface area is 188 Å². The van der Waals surface area contributed by atoms with Gasteiger partial charge in [0.15, 0.2) is 0 Å². The quantitative estimate of drug-likeness (QED) is 0.579. The Balaban J connectivity index is 1.70. The molecule has 0 aromatic heterocycles. The molecule has 1 aliphatic rings. The number of nitrogens with zero attached hydrogens (tertiary/aromatic N) is 1. The molecule has 0 spiro atoms. The number of ether oxygens (including phenoxy) is 1. The van der Waals surface area contributed by atoms with E-state index in [9.17, 15) is 26.4 Å². The van der Waals surface area contributed by atoms with Crippen molar-refractivity contribution in [1.29, 1.82) is 0 Å². The minimum atomic E-state index is -4.18. The number of para-hydroxylation sites is 2. The van der Waals surface area contributed by atoms with Gasteiger partial charge in [-0.1, -0.05) is 36.4 Å². The van der Waals surface area contributed by atoms with Gasteiger partial charge in [-0.05, 0) is 53.9 Å². The lowest BCUT2D eigenvalue weighted by atomic mass is 9.95. The van der Waals surface area contributed by atoms with Crippen LogP contribution < -0.4 is 10.1 Å². The second kappa shape index (κ2) is 9.24. The molecule has 0 bridgehead atoms. The van der Waals surface area contributed by atoms with Gasteiger partial charge >= 0.3 is 6.61 Å². The van der Waals surface area contributed by atoms with Crippen molar-refractivity contribution >= 4 is 21.6 Å². The summed E-state index contributed by atoms with van der Waals surface area (Å²) in [6.07, 6.45) is 0.0697. The number of alkyl halides is 2. The molecule has 0 saturated carbocycles. The number of anilines is 1. The fourth-order valence-corrected chi connectivity index (χ4v) is 5.27. The normalized spacial score (nSPS) is 16.3. The number of hydrogen-bond acceptors (Lipinski definition) is 4. The zero-order valence-electron chi connectivity index (χ0n) is 17.1. The Morgan fingerprint density at radius 2 is 1.61 bits per heavy atom. The zero-order chi connectivity index (χ0) is 23.6. The van der Waals surface area contributed by atoms with Crippen LogP contribution in [0.4, 0.5) is 18.9 Å². The first-order valence-corrected chi connectivity index (χ1v) is 11.4. The topological polar surface area (TPSA) is 75.7 Å². The predicted molar refractivity (Wildman–Crippen MR) is 115 cm³/mol. The van der Waals surface area contributed by atoms with Crippen molar-refractivity contribution in [3.05, 3.63) is 89.7 Å². The van der Waals surface area contributed by atoms with Crippen molar-refractivity contribution in [2.24, 2.45) is 0 Å². The Morgan fingerprint density at radius 3 is 2.30 bits per heavy atom. The van der Waals surface area contributed by atoms with E-state index in [4.69, 9.17) is 0 Å². The van der Waals surface area contributed by atoms with Crippen LogP contribution in [-0.2, 0) is 27.8 Å². The van der Waals surface area contributed by atoms with Crippen LogP contribution in [-0.4, -0.2) is 31.3 Å². The largest absolute Gasteiger partial charge is 0.433 e. The SMILES string of the molecule is O=C(Nc1ccccc1OC(F)F)[C@H]1Cc2ccccc2CN1S(=O)(=O)c1ccc(F)cc1. The fourth-order valence-electron chi connectivity index (χ4n) is 3.70. The number of nitrogens with one attached hydrogen (secondary N) is 1. The van der Waals surface area contributed by atoms with Gasteiger partial charge in [0, 0.05) is 6.54 Å². The van der Waals surface area contributed by atoms with Crippen LogP contribution in [0.3, 0.4) is 0 Å². The number of sulfonamides is 1. The Hall–Kier alpha value is -3.37. The summed E-state index contributed by atoms with van der Waals surface area (Å²) in [5.41, 5.74) is 1.51. The molecule has 0 fully saturated rings. The van der Waals surface area contributed by atoms with Crippen LogP contribution in [0, 0.1) is 5.82 Å². The minimum absolute atomic E-state index is 0.0132. The van der Waals surface area contributed by atoms with E-state index < -0.39 is 34.4 Å². The van der Waals surface area contributed by atoms with Crippen molar-refractivity contribution in [3.8, 4) is 5.75 Å². The number of carbonyl (C=O) groups is 1. The van der Waals surface area contributed by atoms with Crippen LogP contribution in [0.5, 0.6) is 5.75 Å². The van der Waals surface area contributed by atoms with Crippen molar-refractivity contribution in [2.45, 2.75) is 30.5 Å². The molecule has 1 atom stereocenters. The highest BCUT2D eigenvalue weighted by atomic mass is 32.2. The van der Waals surface area contributed by atoms with Crippen LogP contribution in [0.25, 0.3) is 0 Å². The third kappa shape index (κ3) is 4.86. The molecule has 1 heterocycles. The van der Waals surface area contributed by atoms with E-state index in [2.05, 4.69) is 10.1 Å². The highest BCUT2D eigenvalue weighted by Gasteiger charge is 2.39. The molecule has 4 rings (SSSR count). The third-order valence-corrected chi connectivity index (χ3v) is 7.16. The van der Waals surface area contributed by atoms with Crippen LogP contribution in [0.1, 0.15) is 11.1 Å². The summed E-state index contributed by atoms with van der Waals surface area (Å²) in [6, 6.07) is 15.9. The van der Waals surface area contributed by atoms with Gasteiger partial charge in [-0.3, -0.25) is 4.79 Å². The standard InChI is InChI=1S/C23H19F3N2O4S/c24-17-9-11-18(12-10-17)33(30,31)28-14-16-6-2-1-5-15(16)13-20(28)22(29)27-19-7-3-4-8-21(19)32-23(25)26/h1-12,20,23H,13-14H2,(H,27,29)/t20-/m1/s1. The van der Waals surface area contributed by atoms with Gasteiger partial charge < -0.3 is 10.1 Å². The number of carbonyl (C=O) groups excluding carboxylic acids is 1. The van der Waals surface area contributed by atoms with E-state index in [1.165, 1.54) is 24.3 Å². The average Bonchev–Trinajstić information content (AvgIpc) is 2.79. The van der Waals surface area contributed by atoms with Crippen LogP contribution >= 0.6 is 0 Å². The van der Waals surface area contributed by atoms with Gasteiger partial charge in [-0.15, -0.1) is 0 Å². The Morgan fingerprint density at radius 1 is 0.970 bits per heavy atom. The molecule has 0 saturated heterocycles. The summed E-state index contributed by atoms with van der Waals surface area (Å²) in [5, 5.41) is 2.52. The van der Waals surface area contributed by atoms with Crippen molar-refractivity contribution < 1.29 is 31.1 Å². The summed E-state index contributed by atoms with van der Waals surface area (Å²) in [4.78, 5) is 13.1. The molecule has 172 valence electrons. The van der Waals surface area contributed by atoms with Gasteiger partial charge in [0.05, 0.1) is 10.6 Å². The molecule has 0 unspecified atom stereocenters. The number of fused-ring (bicyclic) bond motifs is 1. The highest BCUT2D eigenvalue weighted by molar-refractivity contribution is 7.89. The van der Waals surface area contributed by atoms with Crippen LogP contribution in [0.15, 0.2) is 77.7 Å². The molecule has 1 N–H and O–H groups in total. The molecule has 33 heavy (non-hydrogen) atoms. The minimum Gasteiger partial charge on any atom is -0.433 e. The van der Waals surface area contributed by atoms with Crippen molar-refractivity contribution in [3.63, 3.8) is 0 Å². The van der Waals surface area contributed by atoms with E-state index in [-0.39, 0.29) is 29.3 Å². The van der Waals surface area contributed by atoms with Crippen LogP contribution in [0.2, 0.25) is 0 Å². The first-order chi connectivity index (χ1) is 15.8. The highest BCUT2D eigenvalue weighted by Crippen LogP contribution is 2.31. The monoisotopic (exact) mass is 476 g/mol. The summed E-state index contributed by atoms with van der Waals surface area (Å²) in [7, 11) is -4.18. The third-order valence-electron chi connectivity index (χ3n) is 5.29. The number of benzene rings is 3. The summed E-state index contributed by atoms with van der Waals surface area (Å²) >= 11 is 0. The van der Waals surface area contributed by atoms with E-state index in [0.29, 0.717) is 0 Å². The van der Waals surface area contributed by atoms with E-state index in [1.807, 2.05) is 0 Å². The summed E-state index contributed by atoms with van der Waals surface area (Å²) < 4.78 is 71.1. The Kier molecular flexibility index (Phi) is 6.39. The molecule has 6 nitrogen and oxygen atoms in total. The van der Waals surface area contributed by atoms with Gasteiger partial charge in [-0.25, -0.2) is 12.8 Å². The van der Waals surface area contributed by atoms with Gasteiger partial charge in [0.2, 0.25) is 15.9 Å². The molecule has 0 radical (unpaired) electrons. The lowest BCUT2D eigenvalue weighted by Crippen LogP contribution is -2.50. The summed E-state index contributed by atoms with van der Waals surface area (Å²) in [5.74, 6) is -1.55. The predicted octanol–water partition coefficient (Wildman–Crippen LogP) is 4.18. The van der Waals surface area contributed by atoms with Gasteiger partial charge in [-0.2, -0.15) is 13.1 Å². The van der Waals surface area contributed by atoms with Crippen molar-refractivity contribution in [2.75, 3.05) is 5.32 Å². The lowest BCUT2D eigenvalue weighted by Gasteiger charge is -2.35. The number of hydrogen-bond donors (Lipinski definition) is 1. The molecule has 10 heteroatoms.